The molecular formula is C36H43N5O2. The number of aromatic nitrogens is 2. The van der Waals surface area contributed by atoms with Gasteiger partial charge in [-0.15, -0.1) is 0 Å². The number of piperidine rings is 1. The van der Waals surface area contributed by atoms with Crippen LogP contribution in [0.1, 0.15) is 61.6 Å². The molecule has 0 unspecified atom stereocenters. The van der Waals surface area contributed by atoms with Gasteiger partial charge in [0.2, 0.25) is 5.91 Å². The Balaban J connectivity index is 1.14. The quantitative estimate of drug-likeness (QED) is 0.239. The molecule has 0 spiro atoms. The number of hydrogen-bond donors (Lipinski definition) is 2. The van der Waals surface area contributed by atoms with Crippen LogP contribution in [-0.2, 0) is 23.1 Å². The molecular weight excluding hydrogens is 534 g/mol. The van der Waals surface area contributed by atoms with Gasteiger partial charge >= 0.3 is 6.03 Å². The molecule has 0 radical (unpaired) electrons. The molecule has 0 atom stereocenters. The number of benzene rings is 3. The number of carbonyl (C=O) groups is 2. The predicted molar refractivity (Wildman–Crippen MR) is 174 cm³/mol. The highest BCUT2D eigenvalue weighted by Gasteiger charge is 2.24. The number of amides is 3. The van der Waals surface area contributed by atoms with Crippen LogP contribution in [0.2, 0.25) is 0 Å². The zero-order valence-corrected chi connectivity index (χ0v) is 26.0. The van der Waals surface area contributed by atoms with Crippen molar-refractivity contribution in [3.63, 3.8) is 0 Å². The van der Waals surface area contributed by atoms with E-state index < -0.39 is 0 Å². The van der Waals surface area contributed by atoms with Crippen molar-refractivity contribution in [2.24, 2.45) is 5.92 Å². The van der Waals surface area contributed by atoms with Crippen molar-refractivity contribution >= 4 is 23.4 Å². The van der Waals surface area contributed by atoms with Crippen LogP contribution >= 0.6 is 0 Å². The first kappa shape index (κ1) is 30.1. The van der Waals surface area contributed by atoms with Gasteiger partial charge in [-0.2, -0.15) is 5.10 Å². The monoisotopic (exact) mass is 577 g/mol. The highest BCUT2D eigenvalue weighted by molar-refractivity contribution is 5.99. The Morgan fingerprint density at radius 2 is 1.56 bits per heavy atom. The number of carbonyl (C=O) groups excluding carboxylic acids is 2. The fourth-order valence-electron chi connectivity index (χ4n) is 5.53. The number of hydrogen-bond acceptors (Lipinski definition) is 3. The minimum Gasteiger partial charge on any atom is -0.342 e. The van der Waals surface area contributed by atoms with Crippen LogP contribution in [-0.4, -0.2) is 39.7 Å². The van der Waals surface area contributed by atoms with Crippen molar-refractivity contribution in [3.8, 4) is 5.69 Å². The van der Waals surface area contributed by atoms with E-state index in [1.165, 1.54) is 11.1 Å². The van der Waals surface area contributed by atoms with E-state index in [2.05, 4.69) is 56.5 Å². The third-order valence-electron chi connectivity index (χ3n) is 8.30. The van der Waals surface area contributed by atoms with Crippen molar-refractivity contribution in [2.45, 2.75) is 65.7 Å². The summed E-state index contributed by atoms with van der Waals surface area (Å²) < 4.78 is 1.78. The number of rotatable bonds is 7. The maximum atomic E-state index is 13.0. The fourth-order valence-corrected chi connectivity index (χ4v) is 5.53. The highest BCUT2D eigenvalue weighted by Crippen LogP contribution is 2.27. The summed E-state index contributed by atoms with van der Waals surface area (Å²) in [4.78, 5) is 27.9. The summed E-state index contributed by atoms with van der Waals surface area (Å²) in [5, 5.41) is 10.8. The molecule has 1 fully saturated rings. The normalized spacial score (nSPS) is 14.0. The highest BCUT2D eigenvalue weighted by atomic mass is 16.2. The molecule has 2 N–H and O–H groups in total. The van der Waals surface area contributed by atoms with Crippen molar-refractivity contribution in [2.75, 3.05) is 23.7 Å². The molecule has 1 saturated heterocycles. The van der Waals surface area contributed by atoms with Crippen LogP contribution in [0.15, 0.2) is 78.9 Å². The second kappa shape index (κ2) is 12.9. The number of nitrogens with one attached hydrogen (secondary N) is 2. The molecule has 7 nitrogen and oxygen atoms in total. The molecule has 224 valence electrons. The summed E-state index contributed by atoms with van der Waals surface area (Å²) >= 11 is 0. The average Bonchev–Trinajstić information content (AvgIpc) is 3.40. The molecule has 0 aliphatic carbocycles. The van der Waals surface area contributed by atoms with E-state index in [9.17, 15) is 9.59 Å². The smallest absolute Gasteiger partial charge is 0.324 e. The van der Waals surface area contributed by atoms with E-state index in [4.69, 9.17) is 5.10 Å². The van der Waals surface area contributed by atoms with Crippen LogP contribution in [0, 0.1) is 19.8 Å². The van der Waals surface area contributed by atoms with Crippen LogP contribution < -0.4 is 10.6 Å². The van der Waals surface area contributed by atoms with E-state index in [-0.39, 0.29) is 17.4 Å². The Bertz CT molecular complexity index is 1560. The SMILES string of the molecule is Cc1ccc(-n2nc(C(C)(C)C)cc2NC(=O)Nc2ccc(CC3CCN(C(=O)Cc4ccccc4C)CC3)cc2)cc1. The minimum absolute atomic E-state index is 0.161. The van der Waals surface area contributed by atoms with Gasteiger partial charge in [-0.1, -0.05) is 74.9 Å². The third-order valence-corrected chi connectivity index (χ3v) is 8.30. The number of urea groups is 1. The summed E-state index contributed by atoms with van der Waals surface area (Å²) in [6.45, 7) is 12.1. The molecule has 1 aliphatic heterocycles. The van der Waals surface area contributed by atoms with Crippen molar-refractivity contribution < 1.29 is 9.59 Å². The molecule has 1 aromatic heterocycles. The molecule has 1 aliphatic rings. The zero-order chi connectivity index (χ0) is 30.6. The van der Waals surface area contributed by atoms with Gasteiger partial charge in [0.05, 0.1) is 17.8 Å². The van der Waals surface area contributed by atoms with Gasteiger partial charge in [0.1, 0.15) is 5.82 Å². The van der Waals surface area contributed by atoms with E-state index in [0.29, 0.717) is 18.2 Å². The van der Waals surface area contributed by atoms with Crippen LogP contribution in [0.3, 0.4) is 0 Å². The largest absolute Gasteiger partial charge is 0.342 e. The van der Waals surface area contributed by atoms with Gasteiger partial charge in [-0.25, -0.2) is 9.48 Å². The molecule has 3 amide bonds. The lowest BCUT2D eigenvalue weighted by Gasteiger charge is -2.32. The van der Waals surface area contributed by atoms with Crippen molar-refractivity contribution in [1.29, 1.82) is 0 Å². The molecule has 4 aromatic rings. The van der Waals surface area contributed by atoms with Crippen LogP contribution in [0.5, 0.6) is 0 Å². The number of aryl methyl sites for hydroxylation is 2. The van der Waals surface area contributed by atoms with Crippen molar-refractivity contribution in [1.82, 2.24) is 14.7 Å². The van der Waals surface area contributed by atoms with E-state index in [0.717, 1.165) is 60.5 Å². The topological polar surface area (TPSA) is 79.3 Å². The molecule has 0 saturated carbocycles. The zero-order valence-electron chi connectivity index (χ0n) is 26.0. The van der Waals surface area contributed by atoms with E-state index >= 15 is 0 Å². The Hall–Kier alpha value is -4.39. The molecule has 7 heteroatoms. The maximum Gasteiger partial charge on any atom is 0.324 e. The summed E-state index contributed by atoms with van der Waals surface area (Å²) in [5.74, 6) is 1.38. The Labute approximate surface area is 255 Å². The van der Waals surface area contributed by atoms with Gasteiger partial charge < -0.3 is 10.2 Å². The van der Waals surface area contributed by atoms with Gasteiger partial charge in [0.25, 0.3) is 0 Å². The third kappa shape index (κ3) is 7.72. The summed E-state index contributed by atoms with van der Waals surface area (Å²) in [6, 6.07) is 25.9. The average molecular weight is 578 g/mol. The van der Waals surface area contributed by atoms with Gasteiger partial charge in [0.15, 0.2) is 0 Å². The van der Waals surface area contributed by atoms with Crippen LogP contribution in [0.4, 0.5) is 16.3 Å². The van der Waals surface area contributed by atoms with Gasteiger partial charge in [0, 0.05) is 30.3 Å². The lowest BCUT2D eigenvalue weighted by molar-refractivity contribution is -0.131. The molecule has 2 heterocycles. The predicted octanol–water partition coefficient (Wildman–Crippen LogP) is 7.45. The second-order valence-corrected chi connectivity index (χ2v) is 12.8. The number of nitrogens with zero attached hydrogens (tertiary/aromatic N) is 3. The second-order valence-electron chi connectivity index (χ2n) is 12.8. The minimum atomic E-state index is -0.316. The standard InChI is InChI=1S/C36H43N5O2/c1-25-10-16-31(17-11-25)41-33(24-32(39-41)36(3,4)5)38-35(43)37-30-14-12-27(13-15-30)22-28-18-20-40(21-19-28)34(42)23-29-9-7-6-8-26(29)2/h6-17,24,28H,18-23H2,1-5H3,(H2,37,38,43). The van der Waals surface area contributed by atoms with E-state index in [1.54, 1.807) is 4.68 Å². The van der Waals surface area contributed by atoms with Crippen molar-refractivity contribution in [3.05, 3.63) is 107 Å². The van der Waals surface area contributed by atoms with E-state index in [1.807, 2.05) is 72.5 Å². The molecule has 0 bridgehead atoms. The molecule has 3 aromatic carbocycles. The lowest BCUT2D eigenvalue weighted by atomic mass is 9.90. The first-order valence-corrected chi connectivity index (χ1v) is 15.2. The lowest BCUT2D eigenvalue weighted by Crippen LogP contribution is -2.39. The van der Waals surface area contributed by atoms with Gasteiger partial charge in [-0.3, -0.25) is 10.1 Å². The Morgan fingerprint density at radius 1 is 0.884 bits per heavy atom. The molecule has 43 heavy (non-hydrogen) atoms. The number of likely N-dealkylation sites (tertiary alicyclic amines) is 1. The Kier molecular flexibility index (Phi) is 9.00. The first-order valence-electron chi connectivity index (χ1n) is 15.2. The van der Waals surface area contributed by atoms with Gasteiger partial charge in [-0.05, 0) is 80.0 Å². The number of anilines is 2. The van der Waals surface area contributed by atoms with Crippen LogP contribution in [0.25, 0.3) is 5.69 Å². The summed E-state index contributed by atoms with van der Waals surface area (Å²) in [6.07, 6.45) is 3.46. The fraction of sp³-hybridized carbons (Fsp3) is 0.361. The first-order chi connectivity index (χ1) is 20.5. The molecule has 5 rings (SSSR count). The Morgan fingerprint density at radius 3 is 2.21 bits per heavy atom. The summed E-state index contributed by atoms with van der Waals surface area (Å²) in [7, 11) is 0. The summed E-state index contributed by atoms with van der Waals surface area (Å²) in [5.41, 5.74) is 7.05. The maximum absolute atomic E-state index is 13.0.